The third-order valence-corrected chi connectivity index (χ3v) is 3.63. The maximum absolute atomic E-state index is 11.3. The third kappa shape index (κ3) is 1.70. The van der Waals surface area contributed by atoms with Crippen LogP contribution in [0.25, 0.3) is 0 Å². The van der Waals surface area contributed by atoms with Crippen molar-refractivity contribution in [1.82, 2.24) is 0 Å². The number of carbonyl (C=O) groups is 1. The summed E-state index contributed by atoms with van der Waals surface area (Å²) in [5.41, 5.74) is -0.152. The zero-order chi connectivity index (χ0) is 11.9. The van der Waals surface area contributed by atoms with Gasteiger partial charge in [-0.2, -0.15) is 0 Å². The van der Waals surface area contributed by atoms with E-state index in [1.807, 2.05) is 0 Å². The first kappa shape index (κ1) is 11.7. The maximum atomic E-state index is 11.3. The molecule has 0 unspecified atom stereocenters. The lowest BCUT2D eigenvalue weighted by molar-refractivity contribution is -0.140. The molecule has 0 aliphatic heterocycles. The Balaban J connectivity index is 2.60. The first-order valence-electron chi connectivity index (χ1n) is 4.78. The minimum absolute atomic E-state index is 0.430. The summed E-state index contributed by atoms with van der Waals surface area (Å²) in [4.78, 5) is 11.3. The quantitative estimate of drug-likeness (QED) is 0.932. The standard InChI is InChI=1S/C11H10BrClO3/c1-16-9-7(4-6(12)5-8(9)13)11(2-3-11)10(14)15/h4-5H,2-3H2,1H3,(H,14,15). The Kier molecular flexibility index (Phi) is 2.88. The van der Waals surface area contributed by atoms with Crippen LogP contribution < -0.4 is 4.74 Å². The van der Waals surface area contributed by atoms with Gasteiger partial charge in [-0.05, 0) is 25.0 Å². The number of methoxy groups -OCH3 is 1. The molecule has 0 heterocycles. The lowest BCUT2D eigenvalue weighted by atomic mass is 9.95. The van der Waals surface area contributed by atoms with Crippen molar-refractivity contribution < 1.29 is 14.6 Å². The number of benzene rings is 1. The van der Waals surface area contributed by atoms with Gasteiger partial charge in [-0.25, -0.2) is 0 Å². The molecule has 0 bridgehead atoms. The highest BCUT2D eigenvalue weighted by atomic mass is 79.9. The smallest absolute Gasteiger partial charge is 0.314 e. The largest absolute Gasteiger partial charge is 0.495 e. The predicted octanol–water partition coefficient (Wildman–Crippen LogP) is 3.23. The zero-order valence-electron chi connectivity index (χ0n) is 8.59. The monoisotopic (exact) mass is 304 g/mol. The van der Waals surface area contributed by atoms with Gasteiger partial charge in [-0.3, -0.25) is 4.79 Å². The fourth-order valence-corrected chi connectivity index (χ4v) is 2.73. The first-order valence-corrected chi connectivity index (χ1v) is 5.95. The number of hydrogen-bond acceptors (Lipinski definition) is 2. The van der Waals surface area contributed by atoms with Crippen LogP contribution in [0.15, 0.2) is 16.6 Å². The molecule has 0 radical (unpaired) electrons. The second-order valence-electron chi connectivity index (χ2n) is 3.86. The Bertz CT molecular complexity index is 455. The summed E-state index contributed by atoms with van der Waals surface area (Å²) in [6.45, 7) is 0. The minimum Gasteiger partial charge on any atom is -0.495 e. The van der Waals surface area contributed by atoms with Crippen LogP contribution in [0.3, 0.4) is 0 Å². The highest BCUT2D eigenvalue weighted by Gasteiger charge is 2.53. The summed E-state index contributed by atoms with van der Waals surface area (Å²) >= 11 is 9.34. The second kappa shape index (κ2) is 3.93. The van der Waals surface area contributed by atoms with Crippen LogP contribution >= 0.6 is 27.5 Å². The van der Waals surface area contributed by atoms with Gasteiger partial charge in [0.15, 0.2) is 0 Å². The van der Waals surface area contributed by atoms with Crippen molar-refractivity contribution in [1.29, 1.82) is 0 Å². The molecule has 1 saturated carbocycles. The number of carboxylic acid groups (broad SMARTS) is 1. The molecule has 0 saturated heterocycles. The Hall–Kier alpha value is -0.740. The van der Waals surface area contributed by atoms with Crippen molar-refractivity contribution in [3.63, 3.8) is 0 Å². The van der Waals surface area contributed by atoms with Crippen LogP contribution in [0, 0.1) is 0 Å². The Morgan fingerprint density at radius 3 is 2.62 bits per heavy atom. The maximum Gasteiger partial charge on any atom is 0.314 e. The van der Waals surface area contributed by atoms with E-state index >= 15 is 0 Å². The Morgan fingerprint density at radius 2 is 2.19 bits per heavy atom. The summed E-state index contributed by atoms with van der Waals surface area (Å²) < 4.78 is 5.96. The molecule has 3 nitrogen and oxygen atoms in total. The van der Waals surface area contributed by atoms with Crippen LogP contribution in [-0.4, -0.2) is 18.2 Å². The summed E-state index contributed by atoms with van der Waals surface area (Å²) in [6.07, 6.45) is 1.26. The molecule has 1 aromatic rings. The van der Waals surface area contributed by atoms with E-state index in [2.05, 4.69) is 15.9 Å². The predicted molar refractivity (Wildman–Crippen MR) is 64.3 cm³/mol. The van der Waals surface area contributed by atoms with Gasteiger partial charge >= 0.3 is 5.97 Å². The minimum atomic E-state index is -0.819. The lowest BCUT2D eigenvalue weighted by Crippen LogP contribution is -2.20. The van der Waals surface area contributed by atoms with E-state index in [-0.39, 0.29) is 0 Å². The number of hydrogen-bond donors (Lipinski definition) is 1. The number of aliphatic carboxylic acids is 1. The van der Waals surface area contributed by atoms with Crippen LogP contribution in [0.1, 0.15) is 18.4 Å². The van der Waals surface area contributed by atoms with Crippen LogP contribution in [-0.2, 0) is 10.2 Å². The molecule has 86 valence electrons. The molecule has 2 rings (SSSR count). The van der Waals surface area contributed by atoms with Crippen molar-refractivity contribution in [2.75, 3.05) is 7.11 Å². The van der Waals surface area contributed by atoms with Gasteiger partial charge in [0.25, 0.3) is 0 Å². The molecule has 0 amide bonds. The topological polar surface area (TPSA) is 46.5 Å². The van der Waals surface area contributed by atoms with Crippen molar-refractivity contribution in [2.45, 2.75) is 18.3 Å². The van der Waals surface area contributed by atoms with E-state index in [4.69, 9.17) is 16.3 Å². The van der Waals surface area contributed by atoms with E-state index in [9.17, 15) is 9.90 Å². The molecule has 5 heteroatoms. The van der Waals surface area contributed by atoms with Gasteiger partial charge in [0, 0.05) is 10.0 Å². The van der Waals surface area contributed by atoms with Gasteiger partial charge in [-0.1, -0.05) is 27.5 Å². The highest BCUT2D eigenvalue weighted by Crippen LogP contribution is 2.53. The number of rotatable bonds is 3. The van der Waals surface area contributed by atoms with Crippen molar-refractivity contribution in [2.24, 2.45) is 0 Å². The lowest BCUT2D eigenvalue weighted by Gasteiger charge is -2.16. The van der Waals surface area contributed by atoms with Crippen molar-refractivity contribution in [3.8, 4) is 5.75 Å². The molecular formula is C11H10BrClO3. The molecule has 0 atom stereocenters. The van der Waals surface area contributed by atoms with Gasteiger partial charge in [-0.15, -0.1) is 0 Å². The van der Waals surface area contributed by atoms with Crippen LogP contribution in [0.2, 0.25) is 5.02 Å². The van der Waals surface area contributed by atoms with Crippen molar-refractivity contribution in [3.05, 3.63) is 27.2 Å². The molecule has 1 aromatic carbocycles. The fourth-order valence-electron chi connectivity index (χ4n) is 1.85. The Morgan fingerprint density at radius 1 is 1.56 bits per heavy atom. The van der Waals surface area contributed by atoms with Gasteiger partial charge < -0.3 is 9.84 Å². The van der Waals surface area contributed by atoms with Crippen LogP contribution in [0.5, 0.6) is 5.75 Å². The van der Waals surface area contributed by atoms with E-state index < -0.39 is 11.4 Å². The molecule has 0 spiro atoms. The molecule has 16 heavy (non-hydrogen) atoms. The van der Waals surface area contributed by atoms with Gasteiger partial charge in [0.1, 0.15) is 5.75 Å². The summed E-state index contributed by atoms with van der Waals surface area (Å²) in [5, 5.41) is 9.67. The summed E-state index contributed by atoms with van der Waals surface area (Å²) in [7, 11) is 1.50. The fraction of sp³-hybridized carbons (Fsp3) is 0.364. The number of halogens is 2. The number of carboxylic acids is 1. The van der Waals surface area contributed by atoms with Gasteiger partial charge in [0.2, 0.25) is 0 Å². The molecule has 1 N–H and O–H groups in total. The van der Waals surface area contributed by atoms with Crippen molar-refractivity contribution >= 4 is 33.5 Å². The average Bonchev–Trinajstić information content (AvgIpc) is 2.97. The van der Waals surface area contributed by atoms with E-state index in [0.717, 1.165) is 4.47 Å². The average molecular weight is 306 g/mol. The van der Waals surface area contributed by atoms with Crippen LogP contribution in [0.4, 0.5) is 0 Å². The zero-order valence-corrected chi connectivity index (χ0v) is 10.9. The SMILES string of the molecule is COc1c(Cl)cc(Br)cc1C1(C(=O)O)CC1. The number of ether oxygens (including phenoxy) is 1. The van der Waals surface area contributed by atoms with E-state index in [1.54, 1.807) is 12.1 Å². The molecule has 1 fully saturated rings. The highest BCUT2D eigenvalue weighted by molar-refractivity contribution is 9.10. The van der Waals surface area contributed by atoms with E-state index in [0.29, 0.717) is 29.2 Å². The summed E-state index contributed by atoms with van der Waals surface area (Å²) in [6, 6.07) is 3.47. The van der Waals surface area contributed by atoms with Gasteiger partial charge in [0.05, 0.1) is 17.5 Å². The van der Waals surface area contributed by atoms with E-state index in [1.165, 1.54) is 7.11 Å². The molecular weight excluding hydrogens is 295 g/mol. The Labute approximate surface area is 106 Å². The molecule has 1 aliphatic carbocycles. The molecule has 0 aromatic heterocycles. The summed E-state index contributed by atoms with van der Waals surface area (Å²) in [5.74, 6) is -0.357. The second-order valence-corrected chi connectivity index (χ2v) is 5.18. The molecule has 1 aliphatic rings. The first-order chi connectivity index (χ1) is 7.51. The third-order valence-electron chi connectivity index (χ3n) is 2.89. The normalized spacial score (nSPS) is 16.9.